The van der Waals surface area contributed by atoms with Crippen LogP contribution in [0.2, 0.25) is 0 Å². The summed E-state index contributed by atoms with van der Waals surface area (Å²) < 4.78 is 1.92. The molecule has 0 unspecified atom stereocenters. The van der Waals surface area contributed by atoms with Gasteiger partial charge in [0.15, 0.2) is 10.9 Å². The summed E-state index contributed by atoms with van der Waals surface area (Å²) in [6.45, 7) is 4.65. The van der Waals surface area contributed by atoms with E-state index in [1.807, 2.05) is 30.5 Å². The third-order valence-electron chi connectivity index (χ3n) is 3.05. The van der Waals surface area contributed by atoms with Crippen LogP contribution in [0.1, 0.15) is 33.7 Å². The van der Waals surface area contributed by atoms with E-state index in [1.165, 1.54) is 23.1 Å². The average Bonchev–Trinajstić information content (AvgIpc) is 3.08. The largest absolute Gasteiger partial charge is 0.370 e. The summed E-state index contributed by atoms with van der Waals surface area (Å²) in [7, 11) is 0. The molecule has 0 atom stereocenters. The number of thiophene rings is 1. The van der Waals surface area contributed by atoms with Crippen LogP contribution in [-0.2, 0) is 17.8 Å². The number of rotatable bonds is 8. The van der Waals surface area contributed by atoms with Crippen LogP contribution in [0.3, 0.4) is 0 Å². The summed E-state index contributed by atoms with van der Waals surface area (Å²) in [5.41, 5.74) is 5.16. The summed E-state index contributed by atoms with van der Waals surface area (Å²) in [6.07, 6.45) is 0.713. The number of carbonyl (C=O) groups is 2. The number of nitrogens with zero attached hydrogens (tertiary/aromatic N) is 3. The van der Waals surface area contributed by atoms with E-state index in [9.17, 15) is 9.59 Å². The first-order valence-corrected chi connectivity index (χ1v) is 8.74. The van der Waals surface area contributed by atoms with Gasteiger partial charge in [-0.05, 0) is 26.0 Å². The van der Waals surface area contributed by atoms with E-state index >= 15 is 0 Å². The van der Waals surface area contributed by atoms with E-state index in [1.54, 1.807) is 0 Å². The van der Waals surface area contributed by atoms with Crippen LogP contribution in [0.15, 0.2) is 17.3 Å². The van der Waals surface area contributed by atoms with Gasteiger partial charge >= 0.3 is 0 Å². The van der Waals surface area contributed by atoms with Crippen molar-refractivity contribution in [2.75, 3.05) is 5.75 Å². The van der Waals surface area contributed by atoms with E-state index < -0.39 is 0 Å². The highest BCUT2D eigenvalue weighted by atomic mass is 32.2. The molecule has 0 spiro atoms. The van der Waals surface area contributed by atoms with Crippen LogP contribution in [0.5, 0.6) is 0 Å². The van der Waals surface area contributed by atoms with Gasteiger partial charge < -0.3 is 10.3 Å². The van der Waals surface area contributed by atoms with Crippen LogP contribution in [0.25, 0.3) is 0 Å². The normalized spacial score (nSPS) is 10.8. The molecule has 22 heavy (non-hydrogen) atoms. The fourth-order valence-electron chi connectivity index (χ4n) is 1.95. The summed E-state index contributed by atoms with van der Waals surface area (Å²) in [5, 5.41) is 8.90. The third-order valence-corrected chi connectivity index (χ3v) is 5.06. The molecule has 0 radical (unpaired) electrons. The van der Waals surface area contributed by atoms with Crippen LogP contribution in [0.4, 0.5) is 0 Å². The number of ketones is 1. The van der Waals surface area contributed by atoms with Gasteiger partial charge in [-0.25, -0.2) is 0 Å². The zero-order valence-electron chi connectivity index (χ0n) is 12.5. The molecule has 0 saturated carbocycles. The van der Waals surface area contributed by atoms with Gasteiger partial charge in [-0.2, -0.15) is 0 Å². The Balaban J connectivity index is 2.00. The number of amides is 1. The highest BCUT2D eigenvalue weighted by Crippen LogP contribution is 2.22. The molecule has 6 nitrogen and oxygen atoms in total. The molecule has 0 aliphatic carbocycles. The number of primary amides is 1. The second-order valence-corrected chi connectivity index (χ2v) is 6.96. The fourth-order valence-corrected chi connectivity index (χ4v) is 3.75. The molecule has 0 aliphatic heterocycles. The number of thioether (sulfide) groups is 1. The predicted molar refractivity (Wildman–Crippen MR) is 87.3 cm³/mol. The Morgan fingerprint density at radius 1 is 1.36 bits per heavy atom. The zero-order valence-corrected chi connectivity index (χ0v) is 14.2. The van der Waals surface area contributed by atoms with E-state index in [4.69, 9.17) is 5.73 Å². The summed E-state index contributed by atoms with van der Waals surface area (Å²) in [5.74, 6) is 0.784. The predicted octanol–water partition coefficient (Wildman–Crippen LogP) is 2.06. The number of nitrogens with two attached hydrogens (primary N) is 1. The van der Waals surface area contributed by atoms with Crippen molar-refractivity contribution < 1.29 is 9.59 Å². The minimum Gasteiger partial charge on any atom is -0.370 e. The zero-order chi connectivity index (χ0) is 16.1. The Hall–Kier alpha value is -1.67. The monoisotopic (exact) mass is 338 g/mol. The molecule has 2 N–H and O–H groups in total. The molecule has 8 heteroatoms. The quantitative estimate of drug-likeness (QED) is 0.587. The third kappa shape index (κ3) is 4.17. The summed E-state index contributed by atoms with van der Waals surface area (Å²) in [6, 6.07) is 3.80. The maximum atomic E-state index is 12.1. The van der Waals surface area contributed by atoms with Crippen LogP contribution >= 0.6 is 23.1 Å². The molecule has 2 heterocycles. The van der Waals surface area contributed by atoms with E-state index in [-0.39, 0.29) is 18.1 Å². The smallest absolute Gasteiger partial charge is 0.217 e. The Labute approximate surface area is 137 Å². The first-order chi connectivity index (χ1) is 10.5. The van der Waals surface area contributed by atoms with Crippen molar-refractivity contribution in [3.8, 4) is 0 Å². The van der Waals surface area contributed by atoms with Crippen molar-refractivity contribution >= 4 is 34.8 Å². The fraction of sp³-hybridized carbons (Fsp3) is 0.429. The van der Waals surface area contributed by atoms with Gasteiger partial charge in [0.05, 0.1) is 10.6 Å². The Morgan fingerprint density at radius 2 is 2.14 bits per heavy atom. The number of aromatic nitrogens is 3. The van der Waals surface area contributed by atoms with Crippen LogP contribution in [0, 0.1) is 6.92 Å². The average molecular weight is 338 g/mol. The molecular weight excluding hydrogens is 320 g/mol. The second kappa shape index (κ2) is 7.55. The molecule has 2 aromatic rings. The molecule has 0 aliphatic rings. The lowest BCUT2D eigenvalue weighted by Crippen LogP contribution is -2.13. The first-order valence-electron chi connectivity index (χ1n) is 6.94. The second-order valence-electron chi connectivity index (χ2n) is 4.73. The van der Waals surface area contributed by atoms with Gasteiger partial charge in [-0.3, -0.25) is 9.59 Å². The van der Waals surface area contributed by atoms with Gasteiger partial charge in [0.1, 0.15) is 5.82 Å². The number of carbonyl (C=O) groups excluding carboxylic acids is 2. The SMILES string of the molecule is CCn1c(CCC(N)=O)nnc1SCC(=O)c1ccc(C)s1. The number of hydrogen-bond donors (Lipinski definition) is 1. The highest BCUT2D eigenvalue weighted by Gasteiger charge is 2.15. The summed E-state index contributed by atoms with van der Waals surface area (Å²) in [4.78, 5) is 24.9. The van der Waals surface area contributed by atoms with Crippen molar-refractivity contribution in [1.82, 2.24) is 14.8 Å². The van der Waals surface area contributed by atoms with Gasteiger partial charge in [-0.15, -0.1) is 21.5 Å². The molecule has 2 aromatic heterocycles. The lowest BCUT2D eigenvalue weighted by molar-refractivity contribution is -0.118. The highest BCUT2D eigenvalue weighted by molar-refractivity contribution is 7.99. The van der Waals surface area contributed by atoms with Gasteiger partial charge in [0.25, 0.3) is 0 Å². The minimum atomic E-state index is -0.358. The topological polar surface area (TPSA) is 90.9 Å². The Kier molecular flexibility index (Phi) is 5.73. The minimum absolute atomic E-state index is 0.0902. The van der Waals surface area contributed by atoms with Gasteiger partial charge in [0.2, 0.25) is 5.91 Å². The van der Waals surface area contributed by atoms with Crippen molar-refractivity contribution in [1.29, 1.82) is 0 Å². The lowest BCUT2D eigenvalue weighted by atomic mass is 10.3. The van der Waals surface area contributed by atoms with Gasteiger partial charge in [-0.1, -0.05) is 11.8 Å². The number of Topliss-reactive ketones (excluding diaryl/α,β-unsaturated/α-hetero) is 1. The van der Waals surface area contributed by atoms with Crippen molar-refractivity contribution in [2.45, 2.75) is 38.4 Å². The molecule has 0 bridgehead atoms. The summed E-state index contributed by atoms with van der Waals surface area (Å²) >= 11 is 2.87. The molecule has 0 saturated heterocycles. The number of aryl methyl sites for hydroxylation is 2. The lowest BCUT2D eigenvalue weighted by Gasteiger charge is -2.06. The first kappa shape index (κ1) is 16.7. The Bertz CT molecular complexity index is 678. The van der Waals surface area contributed by atoms with E-state index in [2.05, 4.69) is 10.2 Å². The number of hydrogen-bond acceptors (Lipinski definition) is 6. The molecule has 0 aromatic carbocycles. The Morgan fingerprint density at radius 3 is 2.73 bits per heavy atom. The van der Waals surface area contributed by atoms with Gasteiger partial charge in [0, 0.05) is 24.3 Å². The molecule has 2 rings (SSSR count). The van der Waals surface area contributed by atoms with Crippen molar-refractivity contribution in [2.24, 2.45) is 5.73 Å². The maximum absolute atomic E-state index is 12.1. The molecule has 0 fully saturated rings. The van der Waals surface area contributed by atoms with Crippen LogP contribution < -0.4 is 5.73 Å². The van der Waals surface area contributed by atoms with E-state index in [0.29, 0.717) is 23.9 Å². The molecule has 118 valence electrons. The van der Waals surface area contributed by atoms with Crippen LogP contribution in [-0.4, -0.2) is 32.2 Å². The van der Waals surface area contributed by atoms with E-state index in [0.717, 1.165) is 15.6 Å². The maximum Gasteiger partial charge on any atom is 0.217 e. The molecule has 1 amide bonds. The van der Waals surface area contributed by atoms with Crippen molar-refractivity contribution in [3.05, 3.63) is 27.7 Å². The molecular formula is C14H18N4O2S2. The standard InChI is InChI=1S/C14H18N4O2S2/c1-3-18-13(7-6-12(15)20)16-17-14(18)21-8-10(19)11-5-4-9(2)22-11/h4-5H,3,6-8H2,1-2H3,(H2,15,20). The van der Waals surface area contributed by atoms with Crippen molar-refractivity contribution in [3.63, 3.8) is 0 Å².